The summed E-state index contributed by atoms with van der Waals surface area (Å²) in [5.74, 6) is -0.603. The van der Waals surface area contributed by atoms with Gasteiger partial charge in [0.1, 0.15) is 12.4 Å². The second kappa shape index (κ2) is 6.04. The molecule has 0 fully saturated rings. The fourth-order valence-corrected chi connectivity index (χ4v) is 1.91. The van der Waals surface area contributed by atoms with Gasteiger partial charge in [0.2, 0.25) is 0 Å². The molecule has 21 heavy (non-hydrogen) atoms. The quantitative estimate of drug-likeness (QED) is 0.673. The van der Waals surface area contributed by atoms with Gasteiger partial charge in [-0.3, -0.25) is 10.1 Å². The molecule has 0 saturated carbocycles. The summed E-state index contributed by atoms with van der Waals surface area (Å²) in [5, 5.41) is 19.8. The second-order valence-corrected chi connectivity index (χ2v) is 4.45. The van der Waals surface area contributed by atoms with Crippen LogP contribution in [-0.2, 0) is 6.61 Å². The number of nitrogens with zero attached hydrogens (tertiary/aromatic N) is 1. The highest BCUT2D eigenvalue weighted by Gasteiger charge is 2.14. The van der Waals surface area contributed by atoms with Crippen molar-refractivity contribution in [2.75, 3.05) is 0 Å². The maximum Gasteiger partial charge on any atom is 0.335 e. The second-order valence-electron chi connectivity index (χ2n) is 4.45. The average Bonchev–Trinajstić information content (AvgIpc) is 2.46. The summed E-state index contributed by atoms with van der Waals surface area (Å²) in [4.78, 5) is 21.3. The third-order valence-electron chi connectivity index (χ3n) is 3.02. The molecule has 1 N–H and O–H groups in total. The Hall–Kier alpha value is -2.89. The van der Waals surface area contributed by atoms with Crippen molar-refractivity contribution < 1.29 is 19.6 Å². The molecule has 2 rings (SSSR count). The Morgan fingerprint density at radius 1 is 1.29 bits per heavy atom. The van der Waals surface area contributed by atoms with Gasteiger partial charge in [0, 0.05) is 6.07 Å². The van der Waals surface area contributed by atoms with Crippen LogP contribution in [0.4, 0.5) is 5.69 Å². The number of nitro groups is 1. The lowest BCUT2D eigenvalue weighted by atomic mass is 10.1. The largest absolute Gasteiger partial charge is 0.488 e. The van der Waals surface area contributed by atoms with Gasteiger partial charge in [-0.05, 0) is 30.7 Å². The van der Waals surface area contributed by atoms with Crippen molar-refractivity contribution in [3.63, 3.8) is 0 Å². The van der Waals surface area contributed by atoms with Gasteiger partial charge in [-0.2, -0.15) is 0 Å². The lowest BCUT2D eigenvalue weighted by molar-refractivity contribution is -0.385. The lowest BCUT2D eigenvalue weighted by Gasteiger charge is -2.09. The van der Waals surface area contributed by atoms with Gasteiger partial charge in [0.05, 0.1) is 16.1 Å². The molecule has 0 spiro atoms. The number of aromatic carboxylic acids is 1. The third kappa shape index (κ3) is 3.36. The Kier molecular flexibility index (Phi) is 4.18. The summed E-state index contributed by atoms with van der Waals surface area (Å²) in [6.45, 7) is 1.75. The van der Waals surface area contributed by atoms with Gasteiger partial charge in [0.15, 0.2) is 0 Å². The molecule has 2 aromatic carbocycles. The first-order valence-corrected chi connectivity index (χ1v) is 6.18. The van der Waals surface area contributed by atoms with Crippen LogP contribution in [0.2, 0.25) is 0 Å². The molecule has 108 valence electrons. The number of carbonyl (C=O) groups is 1. The molecule has 0 saturated heterocycles. The Balaban J connectivity index is 2.17. The molecule has 6 heteroatoms. The Bertz CT molecular complexity index is 696. The van der Waals surface area contributed by atoms with Crippen molar-refractivity contribution in [1.82, 2.24) is 0 Å². The third-order valence-corrected chi connectivity index (χ3v) is 3.02. The van der Waals surface area contributed by atoms with Gasteiger partial charge in [-0.25, -0.2) is 4.79 Å². The zero-order valence-electron chi connectivity index (χ0n) is 11.3. The molecule has 0 aliphatic carbocycles. The predicted octanol–water partition coefficient (Wildman–Crippen LogP) is 3.18. The Labute approximate surface area is 120 Å². The van der Waals surface area contributed by atoms with Crippen LogP contribution in [0, 0.1) is 17.0 Å². The normalized spacial score (nSPS) is 10.1. The van der Waals surface area contributed by atoms with E-state index in [9.17, 15) is 14.9 Å². The van der Waals surface area contributed by atoms with E-state index in [0.29, 0.717) is 16.9 Å². The van der Waals surface area contributed by atoms with Crippen LogP contribution < -0.4 is 4.74 Å². The van der Waals surface area contributed by atoms with Crippen LogP contribution in [0.25, 0.3) is 0 Å². The van der Waals surface area contributed by atoms with Crippen LogP contribution in [0.5, 0.6) is 5.75 Å². The van der Waals surface area contributed by atoms with E-state index in [2.05, 4.69) is 0 Å². The van der Waals surface area contributed by atoms with E-state index in [4.69, 9.17) is 9.84 Å². The van der Waals surface area contributed by atoms with Crippen molar-refractivity contribution in [3.05, 3.63) is 69.3 Å². The first-order valence-electron chi connectivity index (χ1n) is 6.18. The maximum atomic E-state index is 10.9. The maximum absolute atomic E-state index is 10.9. The number of benzene rings is 2. The summed E-state index contributed by atoms with van der Waals surface area (Å²) in [5.41, 5.74) is 1.29. The van der Waals surface area contributed by atoms with Gasteiger partial charge < -0.3 is 9.84 Å². The zero-order chi connectivity index (χ0) is 15.4. The molecular weight excluding hydrogens is 274 g/mol. The molecule has 0 radical (unpaired) electrons. The summed E-state index contributed by atoms with van der Waals surface area (Å²) in [7, 11) is 0. The fourth-order valence-electron chi connectivity index (χ4n) is 1.91. The monoisotopic (exact) mass is 287 g/mol. The van der Waals surface area contributed by atoms with Crippen molar-refractivity contribution >= 4 is 11.7 Å². The lowest BCUT2D eigenvalue weighted by Crippen LogP contribution is -2.02. The van der Waals surface area contributed by atoms with E-state index < -0.39 is 10.9 Å². The highest BCUT2D eigenvalue weighted by molar-refractivity contribution is 5.87. The number of hydrogen-bond acceptors (Lipinski definition) is 4. The Morgan fingerprint density at radius 2 is 2.00 bits per heavy atom. The van der Waals surface area contributed by atoms with E-state index in [1.54, 1.807) is 31.2 Å². The number of carboxylic acid groups (broad SMARTS) is 1. The molecular formula is C15H13NO5. The first-order chi connectivity index (χ1) is 9.99. The predicted molar refractivity (Wildman–Crippen MR) is 75.6 cm³/mol. The van der Waals surface area contributed by atoms with Crippen LogP contribution in [0.3, 0.4) is 0 Å². The average molecular weight is 287 g/mol. The van der Waals surface area contributed by atoms with Crippen molar-refractivity contribution in [3.8, 4) is 5.75 Å². The highest BCUT2D eigenvalue weighted by Crippen LogP contribution is 2.27. The SMILES string of the molecule is Cc1c(OCc2cccc(C(=O)O)c2)cccc1[N+](=O)[O-]. The number of hydrogen-bond donors (Lipinski definition) is 1. The summed E-state index contributed by atoms with van der Waals surface area (Å²) >= 11 is 0. The summed E-state index contributed by atoms with van der Waals surface area (Å²) < 4.78 is 5.55. The minimum absolute atomic E-state index is 0.00760. The minimum atomic E-state index is -1.01. The molecule has 0 aromatic heterocycles. The van der Waals surface area contributed by atoms with E-state index >= 15 is 0 Å². The minimum Gasteiger partial charge on any atom is -0.488 e. The van der Waals surface area contributed by atoms with Crippen molar-refractivity contribution in [2.24, 2.45) is 0 Å². The molecule has 0 heterocycles. The van der Waals surface area contributed by atoms with E-state index in [0.717, 1.165) is 0 Å². The smallest absolute Gasteiger partial charge is 0.335 e. The number of nitro benzene ring substituents is 1. The van der Waals surface area contributed by atoms with Gasteiger partial charge in [0.25, 0.3) is 5.69 Å². The Morgan fingerprint density at radius 3 is 2.67 bits per heavy atom. The molecule has 0 aliphatic heterocycles. The standard InChI is InChI=1S/C15H13NO5/c1-10-13(16(19)20)6-3-7-14(10)21-9-11-4-2-5-12(8-11)15(17)18/h2-8H,9H2,1H3,(H,17,18). The van der Waals surface area contributed by atoms with E-state index in [1.807, 2.05) is 0 Å². The van der Waals surface area contributed by atoms with Gasteiger partial charge >= 0.3 is 5.97 Å². The zero-order valence-corrected chi connectivity index (χ0v) is 11.3. The van der Waals surface area contributed by atoms with Crippen LogP contribution in [0.15, 0.2) is 42.5 Å². The summed E-state index contributed by atoms with van der Waals surface area (Å²) in [6.07, 6.45) is 0. The molecule has 0 aliphatic rings. The van der Waals surface area contributed by atoms with Crippen molar-refractivity contribution in [2.45, 2.75) is 13.5 Å². The molecule has 6 nitrogen and oxygen atoms in total. The molecule has 0 atom stereocenters. The van der Waals surface area contributed by atoms with Crippen LogP contribution in [0.1, 0.15) is 21.5 Å². The molecule has 0 unspecified atom stereocenters. The van der Waals surface area contributed by atoms with E-state index in [-0.39, 0.29) is 17.9 Å². The number of carboxylic acids is 1. The van der Waals surface area contributed by atoms with Gasteiger partial charge in [-0.1, -0.05) is 18.2 Å². The topological polar surface area (TPSA) is 89.7 Å². The van der Waals surface area contributed by atoms with E-state index in [1.165, 1.54) is 18.2 Å². The molecule has 2 aromatic rings. The van der Waals surface area contributed by atoms with Crippen molar-refractivity contribution in [1.29, 1.82) is 0 Å². The fraction of sp³-hybridized carbons (Fsp3) is 0.133. The highest BCUT2D eigenvalue weighted by atomic mass is 16.6. The number of ether oxygens (including phenoxy) is 1. The summed E-state index contributed by atoms with van der Waals surface area (Å²) in [6, 6.07) is 11.0. The first kappa shape index (κ1) is 14.5. The van der Waals surface area contributed by atoms with Crippen LogP contribution >= 0.6 is 0 Å². The molecule has 0 bridgehead atoms. The number of rotatable bonds is 5. The van der Waals surface area contributed by atoms with Gasteiger partial charge in [-0.15, -0.1) is 0 Å². The van der Waals surface area contributed by atoms with Crippen LogP contribution in [-0.4, -0.2) is 16.0 Å². The molecule has 0 amide bonds.